The van der Waals surface area contributed by atoms with Crippen molar-refractivity contribution in [2.75, 3.05) is 5.32 Å². The number of rotatable bonds is 5. The van der Waals surface area contributed by atoms with Crippen molar-refractivity contribution in [3.8, 4) is 6.07 Å². The van der Waals surface area contributed by atoms with Crippen LogP contribution in [0.4, 0.5) is 5.69 Å². The lowest BCUT2D eigenvalue weighted by atomic mass is 10.1. The summed E-state index contributed by atoms with van der Waals surface area (Å²) in [5.41, 5.74) is 3.63. The molecule has 138 valence electrons. The first-order chi connectivity index (χ1) is 13.5. The van der Waals surface area contributed by atoms with Gasteiger partial charge in [-0.3, -0.25) is 14.6 Å². The number of amides is 2. The predicted octanol–water partition coefficient (Wildman–Crippen LogP) is 3.44. The van der Waals surface area contributed by atoms with Gasteiger partial charge in [-0.15, -0.1) is 0 Å². The van der Waals surface area contributed by atoms with E-state index in [1.807, 2.05) is 37.3 Å². The molecular formula is C22H18N4O2. The lowest BCUT2D eigenvalue weighted by molar-refractivity contribution is 0.0950. The molecule has 0 aliphatic heterocycles. The third-order valence-corrected chi connectivity index (χ3v) is 4.09. The van der Waals surface area contributed by atoms with E-state index in [-0.39, 0.29) is 11.5 Å². The molecule has 1 heterocycles. The Balaban J connectivity index is 1.66. The normalized spacial score (nSPS) is 10.0. The quantitative estimate of drug-likeness (QED) is 0.719. The van der Waals surface area contributed by atoms with Crippen molar-refractivity contribution in [1.29, 1.82) is 5.26 Å². The number of hydrogen-bond donors (Lipinski definition) is 2. The molecule has 0 bridgehead atoms. The summed E-state index contributed by atoms with van der Waals surface area (Å²) in [5.74, 6) is -0.718. The molecule has 6 nitrogen and oxygen atoms in total. The second-order valence-electron chi connectivity index (χ2n) is 6.28. The summed E-state index contributed by atoms with van der Waals surface area (Å²) in [5, 5.41) is 14.5. The number of pyridine rings is 1. The highest BCUT2D eigenvalue weighted by Gasteiger charge is 2.12. The fourth-order valence-electron chi connectivity index (χ4n) is 2.55. The molecule has 2 N–H and O–H groups in total. The number of anilines is 1. The number of carbonyl (C=O) groups is 2. The lowest BCUT2D eigenvalue weighted by Crippen LogP contribution is -2.23. The van der Waals surface area contributed by atoms with Crippen LogP contribution < -0.4 is 10.6 Å². The number of nitrogens with one attached hydrogen (secondary N) is 2. The molecule has 28 heavy (non-hydrogen) atoms. The Kier molecular flexibility index (Phi) is 5.78. The van der Waals surface area contributed by atoms with E-state index in [0.29, 0.717) is 23.4 Å². The van der Waals surface area contributed by atoms with E-state index in [1.165, 1.54) is 18.5 Å². The van der Waals surface area contributed by atoms with Crippen LogP contribution in [0.2, 0.25) is 0 Å². The van der Waals surface area contributed by atoms with Crippen molar-refractivity contribution >= 4 is 17.5 Å². The van der Waals surface area contributed by atoms with Gasteiger partial charge in [-0.25, -0.2) is 0 Å². The molecule has 1 aromatic heterocycles. The zero-order valence-electron chi connectivity index (χ0n) is 15.3. The first kappa shape index (κ1) is 18.8. The van der Waals surface area contributed by atoms with Crippen molar-refractivity contribution in [3.05, 3.63) is 94.8 Å². The standard InChI is InChI=1S/C22H18N4O2/c1-15-5-7-16(8-6-15)12-25-21(27)18-10-19(14-24-13-18)22(28)26-20-4-2-3-17(9-20)11-23/h2-10,13-14H,12H2,1H3,(H,25,27)(H,26,28). The third kappa shape index (κ3) is 4.80. The van der Waals surface area contributed by atoms with Crippen molar-refractivity contribution in [2.24, 2.45) is 0 Å². The fourth-order valence-corrected chi connectivity index (χ4v) is 2.55. The topological polar surface area (TPSA) is 94.9 Å². The highest BCUT2D eigenvalue weighted by molar-refractivity contribution is 6.05. The number of nitriles is 1. The molecular weight excluding hydrogens is 352 g/mol. The maximum absolute atomic E-state index is 12.4. The van der Waals surface area contributed by atoms with Crippen LogP contribution in [0.15, 0.2) is 67.0 Å². The van der Waals surface area contributed by atoms with Gasteiger partial charge in [0.1, 0.15) is 0 Å². The molecule has 3 rings (SSSR count). The van der Waals surface area contributed by atoms with E-state index >= 15 is 0 Å². The number of aryl methyl sites for hydroxylation is 1. The van der Waals surface area contributed by atoms with Gasteiger partial charge in [0.05, 0.1) is 22.8 Å². The van der Waals surface area contributed by atoms with Gasteiger partial charge in [-0.1, -0.05) is 35.9 Å². The summed E-state index contributed by atoms with van der Waals surface area (Å²) in [6.45, 7) is 2.39. The van der Waals surface area contributed by atoms with Crippen molar-refractivity contribution < 1.29 is 9.59 Å². The Hall–Kier alpha value is -3.98. The third-order valence-electron chi connectivity index (χ3n) is 4.09. The summed E-state index contributed by atoms with van der Waals surface area (Å²) < 4.78 is 0. The zero-order chi connectivity index (χ0) is 19.9. The van der Waals surface area contributed by atoms with Crippen LogP contribution in [0.25, 0.3) is 0 Å². The molecule has 2 amide bonds. The van der Waals surface area contributed by atoms with Crippen LogP contribution in [0.5, 0.6) is 0 Å². The van der Waals surface area contributed by atoms with Gasteiger partial charge >= 0.3 is 0 Å². The Bertz CT molecular complexity index is 1050. The number of benzene rings is 2. The molecule has 0 radical (unpaired) electrons. The van der Waals surface area contributed by atoms with Gasteiger partial charge in [0.2, 0.25) is 0 Å². The van der Waals surface area contributed by atoms with E-state index in [0.717, 1.165) is 11.1 Å². The highest BCUT2D eigenvalue weighted by atomic mass is 16.2. The van der Waals surface area contributed by atoms with Crippen molar-refractivity contribution in [2.45, 2.75) is 13.5 Å². The van der Waals surface area contributed by atoms with Gasteiger partial charge < -0.3 is 10.6 Å². The van der Waals surface area contributed by atoms with Crippen LogP contribution in [-0.2, 0) is 6.54 Å². The zero-order valence-corrected chi connectivity index (χ0v) is 15.3. The smallest absolute Gasteiger partial charge is 0.257 e. The molecule has 0 aliphatic rings. The summed E-state index contributed by atoms with van der Waals surface area (Å²) >= 11 is 0. The Morgan fingerprint density at radius 3 is 2.43 bits per heavy atom. The summed E-state index contributed by atoms with van der Waals surface area (Å²) in [7, 11) is 0. The maximum Gasteiger partial charge on any atom is 0.257 e. The lowest BCUT2D eigenvalue weighted by Gasteiger charge is -2.08. The first-order valence-corrected chi connectivity index (χ1v) is 8.65. The predicted molar refractivity (Wildman–Crippen MR) is 106 cm³/mol. The first-order valence-electron chi connectivity index (χ1n) is 8.65. The molecule has 0 spiro atoms. The largest absolute Gasteiger partial charge is 0.348 e. The summed E-state index contributed by atoms with van der Waals surface area (Å²) in [4.78, 5) is 28.8. The minimum atomic E-state index is -0.407. The number of hydrogen-bond acceptors (Lipinski definition) is 4. The average molecular weight is 370 g/mol. The van der Waals surface area contributed by atoms with Crippen molar-refractivity contribution in [3.63, 3.8) is 0 Å². The average Bonchev–Trinajstić information content (AvgIpc) is 2.73. The molecule has 3 aromatic rings. The summed E-state index contributed by atoms with van der Waals surface area (Å²) in [6.07, 6.45) is 2.80. The van der Waals surface area contributed by atoms with E-state index in [1.54, 1.807) is 24.3 Å². The fraction of sp³-hybridized carbons (Fsp3) is 0.0909. The van der Waals surface area contributed by atoms with Crippen LogP contribution in [-0.4, -0.2) is 16.8 Å². The van der Waals surface area contributed by atoms with Crippen LogP contribution >= 0.6 is 0 Å². The molecule has 0 saturated heterocycles. The number of nitrogens with zero attached hydrogens (tertiary/aromatic N) is 2. The van der Waals surface area contributed by atoms with Crippen LogP contribution in [0.3, 0.4) is 0 Å². The monoisotopic (exact) mass is 370 g/mol. The molecule has 0 aliphatic carbocycles. The van der Waals surface area contributed by atoms with Gasteiger partial charge in [0.15, 0.2) is 0 Å². The van der Waals surface area contributed by atoms with E-state index in [4.69, 9.17) is 5.26 Å². The van der Waals surface area contributed by atoms with E-state index < -0.39 is 5.91 Å². The second-order valence-corrected chi connectivity index (χ2v) is 6.28. The number of aromatic nitrogens is 1. The van der Waals surface area contributed by atoms with Crippen LogP contribution in [0, 0.1) is 18.3 Å². The van der Waals surface area contributed by atoms with Gasteiger partial charge in [-0.05, 0) is 36.8 Å². The number of carbonyl (C=O) groups excluding carboxylic acids is 2. The van der Waals surface area contributed by atoms with Crippen molar-refractivity contribution in [1.82, 2.24) is 10.3 Å². The van der Waals surface area contributed by atoms with Gasteiger partial charge in [-0.2, -0.15) is 5.26 Å². The van der Waals surface area contributed by atoms with Gasteiger partial charge in [0.25, 0.3) is 11.8 Å². The summed E-state index contributed by atoms with van der Waals surface area (Å²) in [6, 6.07) is 18.0. The highest BCUT2D eigenvalue weighted by Crippen LogP contribution is 2.12. The van der Waals surface area contributed by atoms with E-state index in [2.05, 4.69) is 15.6 Å². The minimum Gasteiger partial charge on any atom is -0.348 e. The molecule has 0 unspecified atom stereocenters. The Morgan fingerprint density at radius 2 is 1.71 bits per heavy atom. The Morgan fingerprint density at radius 1 is 1.00 bits per heavy atom. The van der Waals surface area contributed by atoms with Gasteiger partial charge in [0, 0.05) is 24.6 Å². The maximum atomic E-state index is 12.4. The Labute approximate surface area is 162 Å². The van der Waals surface area contributed by atoms with Crippen LogP contribution in [0.1, 0.15) is 37.4 Å². The molecule has 2 aromatic carbocycles. The molecule has 0 atom stereocenters. The minimum absolute atomic E-state index is 0.255. The second kappa shape index (κ2) is 8.60. The molecule has 6 heteroatoms. The molecule has 0 fully saturated rings. The van der Waals surface area contributed by atoms with E-state index in [9.17, 15) is 9.59 Å². The molecule has 0 saturated carbocycles. The SMILES string of the molecule is Cc1ccc(CNC(=O)c2cncc(C(=O)Nc3cccc(C#N)c3)c2)cc1.